The molecule has 0 spiro atoms. The summed E-state index contributed by atoms with van der Waals surface area (Å²) in [6, 6.07) is -0.618. The van der Waals surface area contributed by atoms with E-state index >= 15 is 0 Å². The number of amides is 1. The maximum atomic E-state index is 12.5. The fourth-order valence-electron chi connectivity index (χ4n) is 3.33. The van der Waals surface area contributed by atoms with E-state index in [0.717, 1.165) is 42.0 Å². The van der Waals surface area contributed by atoms with Crippen molar-refractivity contribution in [2.24, 2.45) is 11.1 Å². The lowest BCUT2D eigenvalue weighted by Crippen LogP contribution is -2.42. The summed E-state index contributed by atoms with van der Waals surface area (Å²) >= 11 is 0. The van der Waals surface area contributed by atoms with E-state index in [2.05, 4.69) is 37.9 Å². The molecule has 0 aromatic carbocycles. The Morgan fingerprint density at radius 1 is 1.41 bits per heavy atom. The molecule has 1 unspecified atom stereocenters. The third kappa shape index (κ3) is 5.45. The molecular weight excluding hydrogens is 342 g/mol. The highest BCUT2D eigenvalue weighted by atomic mass is 16.5. The number of carbonyl (C=O) groups is 2. The van der Waals surface area contributed by atoms with Crippen molar-refractivity contribution in [3.05, 3.63) is 34.9 Å². The van der Waals surface area contributed by atoms with Crippen molar-refractivity contribution in [1.29, 1.82) is 0 Å². The van der Waals surface area contributed by atoms with Gasteiger partial charge in [0.15, 0.2) is 5.78 Å². The van der Waals surface area contributed by atoms with Gasteiger partial charge in [0.25, 0.3) is 0 Å². The van der Waals surface area contributed by atoms with Gasteiger partial charge in [0.1, 0.15) is 11.8 Å². The van der Waals surface area contributed by atoms with Crippen LogP contribution in [-0.2, 0) is 14.3 Å². The SMILES string of the molecule is CCCCOC1=C(CN)N(CC(C)(C)C)C=C2CC(=O)C(NC(C)=O)C=C21. The Bertz CT molecular complexity index is 683. The summed E-state index contributed by atoms with van der Waals surface area (Å²) in [4.78, 5) is 26.1. The van der Waals surface area contributed by atoms with Crippen molar-refractivity contribution in [3.8, 4) is 0 Å². The Morgan fingerprint density at radius 2 is 2.11 bits per heavy atom. The molecular formula is C21H33N3O3. The number of hydrogen-bond acceptors (Lipinski definition) is 5. The van der Waals surface area contributed by atoms with Crippen molar-refractivity contribution in [2.45, 2.75) is 59.9 Å². The average molecular weight is 376 g/mol. The van der Waals surface area contributed by atoms with Crippen LogP contribution in [0.2, 0.25) is 0 Å². The van der Waals surface area contributed by atoms with Gasteiger partial charge in [0.2, 0.25) is 5.91 Å². The van der Waals surface area contributed by atoms with Gasteiger partial charge in [0.05, 0.1) is 12.3 Å². The highest BCUT2D eigenvalue weighted by Crippen LogP contribution is 2.37. The minimum absolute atomic E-state index is 0.0139. The van der Waals surface area contributed by atoms with E-state index in [1.807, 2.05) is 12.3 Å². The van der Waals surface area contributed by atoms with E-state index in [-0.39, 0.29) is 23.5 Å². The highest BCUT2D eigenvalue weighted by molar-refractivity contribution is 5.94. The fraction of sp³-hybridized carbons (Fsp3) is 0.619. The van der Waals surface area contributed by atoms with Gasteiger partial charge in [0, 0.05) is 38.2 Å². The minimum Gasteiger partial charge on any atom is -0.491 e. The van der Waals surface area contributed by atoms with Crippen LogP contribution in [0.1, 0.15) is 53.9 Å². The van der Waals surface area contributed by atoms with Gasteiger partial charge in [-0.05, 0) is 23.5 Å². The van der Waals surface area contributed by atoms with Crippen molar-refractivity contribution in [1.82, 2.24) is 10.2 Å². The standard InChI is InChI=1S/C21H33N3O3/c1-6-7-8-27-20-16-10-17(23-14(2)25)19(26)9-15(16)12-24(18(20)11-22)13-21(3,4)5/h10,12,17H,6-9,11,13,22H2,1-5H3,(H,23,25). The molecule has 2 rings (SSSR count). The second kappa shape index (κ2) is 8.74. The Labute approximate surface area is 162 Å². The van der Waals surface area contributed by atoms with E-state index in [1.54, 1.807) is 0 Å². The first-order valence-electron chi connectivity index (χ1n) is 9.72. The smallest absolute Gasteiger partial charge is 0.217 e. The first-order valence-corrected chi connectivity index (χ1v) is 9.72. The molecule has 3 N–H and O–H groups in total. The fourth-order valence-corrected chi connectivity index (χ4v) is 3.33. The molecule has 1 aliphatic carbocycles. The van der Waals surface area contributed by atoms with E-state index in [4.69, 9.17) is 10.5 Å². The summed E-state index contributed by atoms with van der Waals surface area (Å²) < 4.78 is 6.15. The molecule has 0 saturated heterocycles. The van der Waals surface area contributed by atoms with E-state index in [1.165, 1.54) is 6.92 Å². The van der Waals surface area contributed by atoms with Gasteiger partial charge in [-0.15, -0.1) is 0 Å². The number of nitrogens with one attached hydrogen (secondary N) is 1. The van der Waals surface area contributed by atoms with Crippen LogP contribution in [-0.4, -0.2) is 42.3 Å². The molecule has 0 bridgehead atoms. The number of Topliss-reactive ketones (excluding diaryl/α,β-unsaturated/α-hetero) is 1. The van der Waals surface area contributed by atoms with Crippen LogP contribution in [0.15, 0.2) is 34.9 Å². The van der Waals surface area contributed by atoms with Gasteiger partial charge in [-0.2, -0.15) is 0 Å². The Kier molecular flexibility index (Phi) is 6.87. The second-order valence-corrected chi connectivity index (χ2v) is 8.43. The predicted octanol–water partition coefficient (Wildman–Crippen LogP) is 2.62. The van der Waals surface area contributed by atoms with Gasteiger partial charge in [-0.3, -0.25) is 9.59 Å². The molecule has 150 valence electrons. The topological polar surface area (TPSA) is 84.7 Å². The molecule has 2 aliphatic rings. The number of rotatable bonds is 7. The van der Waals surface area contributed by atoms with Crippen molar-refractivity contribution in [3.63, 3.8) is 0 Å². The molecule has 0 aromatic rings. The summed E-state index contributed by atoms with van der Waals surface area (Å²) in [5.41, 5.74) is 8.89. The largest absolute Gasteiger partial charge is 0.491 e. The van der Waals surface area contributed by atoms with Gasteiger partial charge < -0.3 is 20.7 Å². The molecule has 6 nitrogen and oxygen atoms in total. The molecule has 1 atom stereocenters. The first kappa shape index (κ1) is 21.2. The molecule has 0 fully saturated rings. The number of fused-ring (bicyclic) bond motifs is 1. The molecule has 1 heterocycles. The molecule has 6 heteroatoms. The maximum Gasteiger partial charge on any atom is 0.217 e. The molecule has 0 radical (unpaired) electrons. The van der Waals surface area contributed by atoms with E-state index < -0.39 is 6.04 Å². The van der Waals surface area contributed by atoms with Crippen LogP contribution in [0.4, 0.5) is 0 Å². The molecule has 27 heavy (non-hydrogen) atoms. The van der Waals surface area contributed by atoms with E-state index in [9.17, 15) is 9.59 Å². The molecule has 0 aromatic heterocycles. The third-order valence-corrected chi connectivity index (χ3v) is 4.50. The van der Waals surface area contributed by atoms with Gasteiger partial charge in [-0.1, -0.05) is 34.1 Å². The lowest BCUT2D eigenvalue weighted by atomic mass is 9.85. The van der Waals surface area contributed by atoms with Crippen LogP contribution in [0, 0.1) is 5.41 Å². The number of hydrogen-bond donors (Lipinski definition) is 2. The quantitative estimate of drug-likeness (QED) is 0.668. The van der Waals surface area contributed by atoms with Crippen LogP contribution in [0.25, 0.3) is 0 Å². The number of ketones is 1. The normalized spacial score (nSPS) is 20.1. The zero-order valence-electron chi connectivity index (χ0n) is 17.2. The number of ether oxygens (including phenoxy) is 1. The number of allylic oxidation sites excluding steroid dienone is 1. The van der Waals surface area contributed by atoms with Gasteiger partial charge in [-0.25, -0.2) is 0 Å². The summed E-state index contributed by atoms with van der Waals surface area (Å²) in [6.45, 7) is 11.8. The number of carbonyl (C=O) groups excluding carboxylic acids is 2. The van der Waals surface area contributed by atoms with Gasteiger partial charge >= 0.3 is 0 Å². The number of nitrogens with zero attached hydrogens (tertiary/aromatic N) is 1. The zero-order valence-corrected chi connectivity index (χ0v) is 17.2. The number of nitrogens with two attached hydrogens (primary N) is 1. The van der Waals surface area contributed by atoms with Crippen LogP contribution in [0.5, 0.6) is 0 Å². The van der Waals surface area contributed by atoms with Crippen LogP contribution in [0.3, 0.4) is 0 Å². The number of unbranched alkanes of at least 4 members (excludes halogenated alkanes) is 1. The summed E-state index contributed by atoms with van der Waals surface area (Å²) in [5.74, 6) is 0.509. The summed E-state index contributed by atoms with van der Waals surface area (Å²) in [6.07, 6.45) is 6.08. The Balaban J connectivity index is 2.47. The Hall–Kier alpha value is -2.08. The molecule has 1 amide bonds. The van der Waals surface area contributed by atoms with Crippen molar-refractivity contribution < 1.29 is 14.3 Å². The summed E-state index contributed by atoms with van der Waals surface area (Å²) in [7, 11) is 0. The predicted molar refractivity (Wildman–Crippen MR) is 106 cm³/mol. The average Bonchev–Trinajstić information content (AvgIpc) is 2.54. The van der Waals surface area contributed by atoms with E-state index in [0.29, 0.717) is 13.2 Å². The second-order valence-electron chi connectivity index (χ2n) is 8.43. The third-order valence-electron chi connectivity index (χ3n) is 4.50. The maximum absolute atomic E-state index is 12.5. The molecule has 0 saturated carbocycles. The van der Waals surface area contributed by atoms with Crippen LogP contribution >= 0.6 is 0 Å². The lowest BCUT2D eigenvalue weighted by molar-refractivity contribution is -0.125. The summed E-state index contributed by atoms with van der Waals surface area (Å²) in [5, 5.41) is 2.72. The highest BCUT2D eigenvalue weighted by Gasteiger charge is 2.34. The van der Waals surface area contributed by atoms with Crippen molar-refractivity contribution >= 4 is 11.7 Å². The van der Waals surface area contributed by atoms with Crippen LogP contribution < -0.4 is 11.1 Å². The molecule has 1 aliphatic heterocycles. The first-order chi connectivity index (χ1) is 12.7. The monoisotopic (exact) mass is 375 g/mol. The Morgan fingerprint density at radius 3 is 2.67 bits per heavy atom. The lowest BCUT2D eigenvalue weighted by Gasteiger charge is -2.38. The van der Waals surface area contributed by atoms with Crippen molar-refractivity contribution in [2.75, 3.05) is 19.7 Å². The minimum atomic E-state index is -0.618. The zero-order chi connectivity index (χ0) is 20.2.